The maximum absolute atomic E-state index is 12.0. The lowest BCUT2D eigenvalue weighted by Gasteiger charge is -2.23. The van der Waals surface area contributed by atoms with Crippen molar-refractivity contribution in [1.82, 2.24) is 5.48 Å². The van der Waals surface area contributed by atoms with E-state index < -0.39 is 18.7 Å². The van der Waals surface area contributed by atoms with E-state index in [2.05, 4.69) is 9.94 Å². The van der Waals surface area contributed by atoms with Gasteiger partial charge in [0.25, 0.3) is 5.91 Å². The average Bonchev–Trinajstić information content (AvgIpc) is 2.46. The summed E-state index contributed by atoms with van der Waals surface area (Å²) >= 11 is 0. The highest BCUT2D eigenvalue weighted by atomic mass is 19.4. The minimum Gasteiger partial charge on any atom is -0.273 e. The van der Waals surface area contributed by atoms with Crippen molar-refractivity contribution in [3.05, 3.63) is 29.8 Å². The highest BCUT2D eigenvalue weighted by molar-refractivity contribution is 6.40. The largest absolute Gasteiger partial charge is 0.414 e. The molecule has 1 aliphatic rings. The van der Waals surface area contributed by atoms with Gasteiger partial charge in [-0.3, -0.25) is 14.4 Å². The fourth-order valence-corrected chi connectivity index (χ4v) is 1.92. The van der Waals surface area contributed by atoms with Crippen LogP contribution in [0.25, 0.3) is 0 Å². The van der Waals surface area contributed by atoms with E-state index in [0.29, 0.717) is 5.69 Å². The van der Waals surface area contributed by atoms with Crippen LogP contribution in [0, 0.1) is 6.92 Å². The van der Waals surface area contributed by atoms with Gasteiger partial charge in [0.1, 0.15) is 5.71 Å². The van der Waals surface area contributed by atoms with E-state index in [1.54, 1.807) is 23.7 Å². The van der Waals surface area contributed by atoms with Gasteiger partial charge in [-0.2, -0.15) is 18.3 Å². The minimum absolute atomic E-state index is 0.0272. The first kappa shape index (κ1) is 16.9. The highest BCUT2D eigenvalue weighted by Crippen LogP contribution is 2.21. The molecule has 2 amide bonds. The Morgan fingerprint density at radius 2 is 2.13 bits per heavy atom. The molecular weight excluding hydrogens is 315 g/mol. The number of hydrogen-bond acceptors (Lipinski definition) is 4. The van der Waals surface area contributed by atoms with Crippen molar-refractivity contribution in [3.8, 4) is 0 Å². The Bertz CT molecular complexity index is 644. The number of rotatable bonds is 4. The zero-order chi connectivity index (χ0) is 17.0. The number of halogens is 3. The van der Waals surface area contributed by atoms with Crippen molar-refractivity contribution in [2.24, 2.45) is 5.10 Å². The van der Waals surface area contributed by atoms with Gasteiger partial charge in [-0.15, -0.1) is 0 Å². The molecule has 23 heavy (non-hydrogen) atoms. The molecule has 0 aliphatic carbocycles. The lowest BCUT2D eigenvalue weighted by atomic mass is 10.1. The SMILES string of the molecule is Cc1cccc(N2N=C(C(=O)NOCC(F)(F)F)CCC2=O)c1. The summed E-state index contributed by atoms with van der Waals surface area (Å²) in [6.45, 7) is 0.229. The van der Waals surface area contributed by atoms with Gasteiger partial charge in [0.2, 0.25) is 5.91 Å². The molecule has 0 spiro atoms. The quantitative estimate of drug-likeness (QED) is 0.860. The molecule has 0 atom stereocenters. The molecule has 0 fully saturated rings. The molecule has 2 rings (SSSR count). The molecule has 0 saturated carbocycles. The first-order chi connectivity index (χ1) is 10.8. The number of benzene rings is 1. The number of hydrogen-bond donors (Lipinski definition) is 1. The third-order valence-corrected chi connectivity index (χ3v) is 2.94. The molecular formula is C14H14F3N3O3. The van der Waals surface area contributed by atoms with Crippen LogP contribution in [0.1, 0.15) is 18.4 Å². The zero-order valence-electron chi connectivity index (χ0n) is 12.2. The third-order valence-electron chi connectivity index (χ3n) is 2.94. The molecule has 0 unspecified atom stereocenters. The number of alkyl halides is 3. The average molecular weight is 329 g/mol. The van der Waals surface area contributed by atoms with Gasteiger partial charge < -0.3 is 0 Å². The number of anilines is 1. The molecule has 124 valence electrons. The molecule has 0 aromatic heterocycles. The van der Waals surface area contributed by atoms with Gasteiger partial charge in [0.05, 0.1) is 5.69 Å². The summed E-state index contributed by atoms with van der Waals surface area (Å²) in [5.41, 5.74) is 2.99. The van der Waals surface area contributed by atoms with Gasteiger partial charge >= 0.3 is 6.18 Å². The summed E-state index contributed by atoms with van der Waals surface area (Å²) in [6, 6.07) is 6.92. The summed E-state index contributed by atoms with van der Waals surface area (Å²) < 4.78 is 35.9. The smallest absolute Gasteiger partial charge is 0.273 e. The number of aryl methyl sites for hydroxylation is 1. The van der Waals surface area contributed by atoms with Crippen LogP contribution in [0.15, 0.2) is 29.4 Å². The Labute approximate surface area is 129 Å². The number of amides is 2. The van der Waals surface area contributed by atoms with Gasteiger partial charge in [-0.05, 0) is 24.6 Å². The van der Waals surface area contributed by atoms with E-state index in [-0.39, 0.29) is 24.5 Å². The highest BCUT2D eigenvalue weighted by Gasteiger charge is 2.30. The lowest BCUT2D eigenvalue weighted by Crippen LogP contribution is -2.40. The van der Waals surface area contributed by atoms with Crippen LogP contribution < -0.4 is 10.5 Å². The van der Waals surface area contributed by atoms with Crippen molar-refractivity contribution in [2.45, 2.75) is 25.9 Å². The van der Waals surface area contributed by atoms with Gasteiger partial charge in [-0.25, -0.2) is 10.5 Å². The van der Waals surface area contributed by atoms with Crippen LogP contribution in [-0.2, 0) is 14.4 Å². The molecule has 1 N–H and O–H groups in total. The monoisotopic (exact) mass is 329 g/mol. The Morgan fingerprint density at radius 3 is 2.78 bits per heavy atom. The second-order valence-corrected chi connectivity index (χ2v) is 4.93. The van der Waals surface area contributed by atoms with Crippen molar-refractivity contribution < 1.29 is 27.6 Å². The lowest BCUT2D eigenvalue weighted by molar-refractivity contribution is -0.190. The summed E-state index contributed by atoms with van der Waals surface area (Å²) in [4.78, 5) is 27.8. The van der Waals surface area contributed by atoms with E-state index >= 15 is 0 Å². The molecule has 1 aliphatic heterocycles. The van der Waals surface area contributed by atoms with Crippen LogP contribution >= 0.6 is 0 Å². The van der Waals surface area contributed by atoms with Crippen LogP contribution in [0.2, 0.25) is 0 Å². The first-order valence-electron chi connectivity index (χ1n) is 6.72. The number of carbonyl (C=O) groups excluding carboxylic acids is 2. The Morgan fingerprint density at radius 1 is 1.39 bits per heavy atom. The first-order valence-corrected chi connectivity index (χ1v) is 6.72. The van der Waals surface area contributed by atoms with E-state index in [4.69, 9.17) is 0 Å². The maximum atomic E-state index is 12.0. The Balaban J connectivity index is 2.08. The molecule has 1 aromatic rings. The number of hydrazone groups is 1. The molecule has 9 heteroatoms. The molecule has 0 radical (unpaired) electrons. The van der Waals surface area contributed by atoms with Crippen molar-refractivity contribution >= 4 is 23.2 Å². The zero-order valence-corrected chi connectivity index (χ0v) is 12.2. The normalized spacial score (nSPS) is 15.4. The van der Waals surface area contributed by atoms with E-state index in [1.807, 2.05) is 13.0 Å². The van der Waals surface area contributed by atoms with Crippen LogP contribution in [-0.4, -0.2) is 30.3 Å². The second kappa shape index (κ2) is 6.78. The van der Waals surface area contributed by atoms with Crippen LogP contribution in [0.4, 0.5) is 18.9 Å². The van der Waals surface area contributed by atoms with E-state index in [9.17, 15) is 22.8 Å². The van der Waals surface area contributed by atoms with Gasteiger partial charge in [-0.1, -0.05) is 12.1 Å². The number of hydroxylamine groups is 1. The topological polar surface area (TPSA) is 71.0 Å². The third kappa shape index (κ3) is 4.78. The van der Waals surface area contributed by atoms with Crippen LogP contribution in [0.3, 0.4) is 0 Å². The van der Waals surface area contributed by atoms with Crippen molar-refractivity contribution in [1.29, 1.82) is 0 Å². The van der Waals surface area contributed by atoms with Crippen molar-refractivity contribution in [3.63, 3.8) is 0 Å². The Hall–Kier alpha value is -2.42. The molecule has 1 heterocycles. The summed E-state index contributed by atoms with van der Waals surface area (Å²) in [5.74, 6) is -1.21. The second-order valence-electron chi connectivity index (χ2n) is 4.93. The van der Waals surface area contributed by atoms with Crippen LogP contribution in [0.5, 0.6) is 0 Å². The fourth-order valence-electron chi connectivity index (χ4n) is 1.92. The predicted octanol–water partition coefficient (Wildman–Crippen LogP) is 2.09. The van der Waals surface area contributed by atoms with E-state index in [0.717, 1.165) is 10.6 Å². The molecule has 6 nitrogen and oxygen atoms in total. The Kier molecular flexibility index (Phi) is 4.99. The number of nitrogens with one attached hydrogen (secondary N) is 1. The molecule has 0 saturated heterocycles. The summed E-state index contributed by atoms with van der Waals surface area (Å²) in [5, 5.41) is 4.98. The molecule has 1 aromatic carbocycles. The fraction of sp³-hybridized carbons (Fsp3) is 0.357. The standard InChI is InChI=1S/C14H14F3N3O3/c1-9-3-2-4-10(7-9)20-12(21)6-5-11(18-20)13(22)19-23-8-14(15,16)17/h2-4,7H,5-6,8H2,1H3,(H,19,22). The summed E-state index contributed by atoms with van der Waals surface area (Å²) in [7, 11) is 0. The van der Waals surface area contributed by atoms with E-state index in [1.165, 1.54) is 0 Å². The molecule has 0 bridgehead atoms. The van der Waals surface area contributed by atoms with Gasteiger partial charge in [0.15, 0.2) is 6.61 Å². The minimum atomic E-state index is -4.55. The predicted molar refractivity (Wildman–Crippen MR) is 75.5 cm³/mol. The number of carbonyl (C=O) groups is 2. The van der Waals surface area contributed by atoms with Gasteiger partial charge in [0, 0.05) is 12.8 Å². The summed E-state index contributed by atoms with van der Waals surface area (Å²) in [6.07, 6.45) is -4.49. The van der Waals surface area contributed by atoms with Crippen molar-refractivity contribution in [2.75, 3.05) is 11.6 Å². The maximum Gasteiger partial charge on any atom is 0.414 e. The number of nitrogens with zero attached hydrogens (tertiary/aromatic N) is 2.